The summed E-state index contributed by atoms with van der Waals surface area (Å²) in [5.41, 5.74) is 4.64. The van der Waals surface area contributed by atoms with Crippen molar-refractivity contribution in [3.63, 3.8) is 0 Å². The Hall–Kier alpha value is -1.05. The molecule has 2 atom stereocenters. The third-order valence-corrected chi connectivity index (χ3v) is 19.3. The zero-order chi connectivity index (χ0) is 21.5. The van der Waals surface area contributed by atoms with Gasteiger partial charge in [-0.15, -0.1) is 0 Å². The van der Waals surface area contributed by atoms with E-state index >= 15 is 0 Å². The first-order valence-corrected chi connectivity index (χ1v) is 16.4. The van der Waals surface area contributed by atoms with E-state index in [-0.39, 0.29) is 24.8 Å². The van der Waals surface area contributed by atoms with Crippen LogP contribution >= 0.6 is 0 Å². The summed E-state index contributed by atoms with van der Waals surface area (Å²) in [5, 5.41) is 0. The van der Waals surface area contributed by atoms with Crippen LogP contribution in [0.25, 0.3) is 12.2 Å². The molecule has 0 bridgehead atoms. The van der Waals surface area contributed by atoms with Crippen molar-refractivity contribution in [3.05, 3.63) is 70.8 Å². The Balaban J connectivity index is 0.00000181. The molecule has 32 heavy (non-hydrogen) atoms. The molecule has 0 spiro atoms. The summed E-state index contributed by atoms with van der Waals surface area (Å²) < 4.78 is 23.4. The van der Waals surface area contributed by atoms with E-state index in [1.54, 1.807) is 14.2 Å². The predicted octanol–water partition coefficient (Wildman–Crippen LogP) is -1.07. The molecule has 0 fully saturated rings. The largest absolute Gasteiger partial charge is 1.00 e. The second kappa shape index (κ2) is 10.5. The Morgan fingerprint density at radius 1 is 0.688 bits per heavy atom. The maximum atomic E-state index is 6.47. The van der Waals surface area contributed by atoms with E-state index < -0.39 is 30.6 Å². The number of methoxy groups -OCH3 is 4. The Kier molecular flexibility index (Phi) is 8.90. The standard InChI is InChI=1S/2C11H11O2.C2H6Si.2ClH.Ti/c2*1-12-10-5-3-4-8-9(10)6-7-11(8)13-2;1-3-2;;;/h2*3-7H,1-2H3;1-2H3;2*1H;/q;;;;;+2/p-2. The van der Waals surface area contributed by atoms with Crippen LogP contribution in [0.2, 0.25) is 13.1 Å². The summed E-state index contributed by atoms with van der Waals surface area (Å²) in [6.07, 6.45) is 8.10. The zero-order valence-corrected chi connectivity index (χ0v) is 23.2. The summed E-state index contributed by atoms with van der Waals surface area (Å²) >= 11 is -2.23. The second-order valence-electron chi connectivity index (χ2n) is 7.76. The molecule has 4 rings (SSSR count). The first kappa shape index (κ1) is 27.2. The number of rotatable bonds is 6. The normalized spacial score (nSPS) is 21.5. The van der Waals surface area contributed by atoms with Crippen molar-refractivity contribution in [3.8, 4) is 11.5 Å². The fourth-order valence-corrected chi connectivity index (χ4v) is 19.9. The van der Waals surface area contributed by atoms with Gasteiger partial charge in [-0.3, -0.25) is 0 Å². The monoisotopic (exact) mass is 526 g/mol. The Labute approximate surface area is 209 Å². The van der Waals surface area contributed by atoms with Crippen molar-refractivity contribution in [2.24, 2.45) is 0 Å². The smallest absolute Gasteiger partial charge is 1.00 e. The van der Waals surface area contributed by atoms with Gasteiger partial charge in [0.25, 0.3) is 0 Å². The maximum Gasteiger partial charge on any atom is -1.00 e. The van der Waals surface area contributed by atoms with Crippen LogP contribution in [-0.4, -0.2) is 34.6 Å². The minimum atomic E-state index is -2.23. The topological polar surface area (TPSA) is 36.9 Å². The van der Waals surface area contributed by atoms with Crippen molar-refractivity contribution in [2.45, 2.75) is 20.9 Å². The molecule has 0 amide bonds. The molecule has 2 aromatic carbocycles. The van der Waals surface area contributed by atoms with E-state index in [1.807, 2.05) is 26.4 Å². The van der Waals surface area contributed by atoms with Gasteiger partial charge in [0.05, 0.1) is 0 Å². The number of halogens is 2. The molecular weight excluding hydrogens is 499 g/mol. The van der Waals surface area contributed by atoms with E-state index in [1.165, 1.54) is 11.1 Å². The van der Waals surface area contributed by atoms with Gasteiger partial charge in [0, 0.05) is 0 Å². The first-order valence-electron chi connectivity index (χ1n) is 10.0. The molecule has 0 heterocycles. The minimum Gasteiger partial charge on any atom is -1.00 e. The molecule has 0 N–H and O–H groups in total. The van der Waals surface area contributed by atoms with Crippen molar-refractivity contribution >= 4 is 18.3 Å². The van der Waals surface area contributed by atoms with E-state index in [0.717, 1.165) is 22.6 Å². The average Bonchev–Trinajstić information content (AvgIpc) is 3.34. The molecule has 0 aromatic heterocycles. The molecule has 2 aliphatic carbocycles. The molecule has 2 unspecified atom stereocenters. The molecule has 0 saturated carbocycles. The molecule has 4 nitrogen and oxygen atoms in total. The fourth-order valence-electron chi connectivity index (χ4n) is 5.03. The molecule has 2 aromatic rings. The van der Waals surface area contributed by atoms with Gasteiger partial charge in [-0.05, 0) is 0 Å². The van der Waals surface area contributed by atoms with Crippen molar-refractivity contribution in [1.82, 2.24) is 0 Å². The van der Waals surface area contributed by atoms with Crippen LogP contribution in [0.15, 0.2) is 48.6 Å². The van der Waals surface area contributed by atoms with E-state index in [9.17, 15) is 0 Å². The van der Waals surface area contributed by atoms with E-state index in [0.29, 0.717) is 0 Å². The van der Waals surface area contributed by atoms with Crippen LogP contribution < -0.4 is 34.3 Å². The third kappa shape index (κ3) is 3.82. The van der Waals surface area contributed by atoms with Crippen LogP contribution in [0.5, 0.6) is 11.5 Å². The summed E-state index contributed by atoms with van der Waals surface area (Å²) in [7, 11) is 7.12. The summed E-state index contributed by atoms with van der Waals surface area (Å²) in [6.45, 7) is 4.80. The molecule has 170 valence electrons. The van der Waals surface area contributed by atoms with Gasteiger partial charge in [0.2, 0.25) is 0 Å². The van der Waals surface area contributed by atoms with Gasteiger partial charge in [-0.2, -0.15) is 0 Å². The Morgan fingerprint density at radius 3 is 1.41 bits per heavy atom. The summed E-state index contributed by atoms with van der Waals surface area (Å²) in [5.74, 6) is 1.77. The van der Waals surface area contributed by atoms with E-state index in [2.05, 4.69) is 61.7 Å². The van der Waals surface area contributed by atoms with Gasteiger partial charge in [0.15, 0.2) is 0 Å². The average molecular weight is 527 g/mol. The minimum absolute atomic E-state index is 0. The Morgan fingerprint density at radius 2 is 1.09 bits per heavy atom. The second-order valence-corrected chi connectivity index (χ2v) is 20.0. The molecule has 2 aliphatic rings. The summed E-state index contributed by atoms with van der Waals surface area (Å²) in [4.78, 5) is 0. The zero-order valence-electron chi connectivity index (χ0n) is 19.2. The van der Waals surface area contributed by atoms with Gasteiger partial charge >= 0.3 is 186 Å². The number of fused-ring (bicyclic) bond motifs is 2. The molecular formula is C24H28Cl2O4SiTi. The summed E-state index contributed by atoms with van der Waals surface area (Å²) in [6, 6.07) is 12.5. The third-order valence-electron chi connectivity index (χ3n) is 6.23. The molecule has 0 saturated heterocycles. The molecule has 0 aliphatic heterocycles. The van der Waals surface area contributed by atoms with E-state index in [4.69, 9.17) is 18.9 Å². The fraction of sp³-hybridized carbons (Fsp3) is 0.333. The number of hydrogen-bond donors (Lipinski definition) is 0. The maximum absolute atomic E-state index is 6.47. The van der Waals surface area contributed by atoms with Gasteiger partial charge in [0.1, 0.15) is 0 Å². The van der Waals surface area contributed by atoms with Crippen LogP contribution in [0.3, 0.4) is 0 Å². The molecule has 0 radical (unpaired) electrons. The SMILES string of the molecule is COc1cccc2c1C=C[C]2(OC)[Ti+2](=[Si](C)C)[C]1(OC)C=Cc2c(OC)cccc21.[Cl-].[Cl-]. The number of benzene rings is 2. The molecule has 8 heteroatoms. The quantitative estimate of drug-likeness (QED) is 0.449. The number of hydrogen-bond acceptors (Lipinski definition) is 4. The van der Waals surface area contributed by atoms with Gasteiger partial charge in [-0.1, -0.05) is 0 Å². The first-order chi connectivity index (χ1) is 14.5. The van der Waals surface area contributed by atoms with Crippen molar-refractivity contribution in [2.75, 3.05) is 28.4 Å². The van der Waals surface area contributed by atoms with Crippen LogP contribution in [0, 0.1) is 0 Å². The predicted molar refractivity (Wildman–Crippen MR) is 119 cm³/mol. The van der Waals surface area contributed by atoms with Crippen molar-refractivity contribution in [1.29, 1.82) is 0 Å². The van der Waals surface area contributed by atoms with Gasteiger partial charge in [-0.25, -0.2) is 0 Å². The van der Waals surface area contributed by atoms with Crippen molar-refractivity contribution < 1.29 is 60.4 Å². The van der Waals surface area contributed by atoms with Crippen LogP contribution in [0.4, 0.5) is 0 Å². The number of ether oxygens (including phenoxy) is 4. The Bertz CT molecular complexity index is 1020. The van der Waals surface area contributed by atoms with Crippen LogP contribution in [0.1, 0.15) is 22.3 Å². The van der Waals surface area contributed by atoms with Crippen LogP contribution in [-0.2, 0) is 33.9 Å². The van der Waals surface area contributed by atoms with Gasteiger partial charge < -0.3 is 24.8 Å².